The molecule has 6 aliphatic rings. The Morgan fingerprint density at radius 2 is 1.00 bits per heavy atom. The molecule has 2 aliphatic carbocycles. The molecular weight excluding hydrogens is 1090 g/mol. The van der Waals surface area contributed by atoms with Gasteiger partial charge in [0.05, 0.1) is 38.6 Å². The minimum Gasteiger partial charge on any atom is -0.490 e. The van der Waals surface area contributed by atoms with Gasteiger partial charge in [-0.25, -0.2) is 0 Å². The quantitative estimate of drug-likeness (QED) is 0.0722. The van der Waals surface area contributed by atoms with Crippen LogP contribution < -0.4 is 9.47 Å². The molecule has 4 aromatic carbocycles. The summed E-state index contributed by atoms with van der Waals surface area (Å²) in [7, 11) is 1.50. The molecule has 448 valence electrons. The third-order valence-electron chi connectivity index (χ3n) is 16.8. The summed E-state index contributed by atoms with van der Waals surface area (Å²) in [4.78, 5) is 48.3. The molecule has 82 heavy (non-hydrogen) atoms. The van der Waals surface area contributed by atoms with Crippen molar-refractivity contribution in [2.24, 2.45) is 22.7 Å². The predicted molar refractivity (Wildman–Crippen MR) is 311 cm³/mol. The van der Waals surface area contributed by atoms with Gasteiger partial charge in [-0.3, -0.25) is 19.2 Å². The largest absolute Gasteiger partial charge is 0.490 e. The Morgan fingerprint density at radius 3 is 1.44 bits per heavy atom. The molecule has 2 unspecified atom stereocenters. The highest BCUT2D eigenvalue weighted by Gasteiger charge is 2.59. The zero-order valence-electron chi connectivity index (χ0n) is 47.3. The van der Waals surface area contributed by atoms with Crippen LogP contribution in [0.3, 0.4) is 0 Å². The Hall–Kier alpha value is -5.26. The van der Waals surface area contributed by atoms with Crippen LogP contribution in [0.2, 0.25) is 10.0 Å². The molecule has 4 aliphatic heterocycles. The SMILES string of the molecule is C.C.CC[C@H]1OC(OC)(c2ccc(Cl)c(Cc3ccc(OC4CC5(COC5)C4)cc3)c2)[C@H](OC(C)=O)[C@@H](OC(C)=O)[C@@H]1C.CC[C@H]1OC(c2ccc(Cl)c(Cc3ccc(OC4CC5(COC5)C4)cc3)c2)[C@H](OC(C)=O)[C@@H](OC(C)=O)[C@@H]1C. The summed E-state index contributed by atoms with van der Waals surface area (Å²) in [6, 6.07) is 27.4. The fourth-order valence-corrected chi connectivity index (χ4v) is 12.9. The highest BCUT2D eigenvalue weighted by molar-refractivity contribution is 6.31. The van der Waals surface area contributed by atoms with Gasteiger partial charge in [0, 0.05) is 73.1 Å². The van der Waals surface area contributed by atoms with E-state index >= 15 is 0 Å². The zero-order valence-corrected chi connectivity index (χ0v) is 48.8. The fourth-order valence-electron chi connectivity index (χ4n) is 12.5. The minimum atomic E-state index is -1.51. The molecule has 10 atom stereocenters. The number of hydrogen-bond donors (Lipinski definition) is 0. The van der Waals surface area contributed by atoms with Gasteiger partial charge in [-0.1, -0.05) is 108 Å². The lowest BCUT2D eigenvalue weighted by Crippen LogP contribution is -2.62. The van der Waals surface area contributed by atoms with Gasteiger partial charge >= 0.3 is 23.9 Å². The van der Waals surface area contributed by atoms with Crippen LogP contribution in [-0.4, -0.2) is 106 Å². The highest BCUT2D eigenvalue weighted by atomic mass is 35.5. The number of carbonyl (C=O) groups is 4. The molecule has 0 N–H and O–H groups in total. The Labute approximate surface area is 494 Å². The van der Waals surface area contributed by atoms with Crippen LogP contribution in [0.1, 0.15) is 148 Å². The van der Waals surface area contributed by atoms with Crippen LogP contribution in [0.25, 0.3) is 0 Å². The van der Waals surface area contributed by atoms with E-state index in [1.165, 1.54) is 34.8 Å². The molecule has 4 aromatic rings. The topological polar surface area (TPSA) is 170 Å². The van der Waals surface area contributed by atoms with E-state index in [0.717, 1.165) is 97.8 Å². The van der Waals surface area contributed by atoms with Crippen LogP contribution in [0.5, 0.6) is 11.5 Å². The average Bonchev–Trinajstić information content (AvgIpc) is 1.40. The van der Waals surface area contributed by atoms with E-state index in [4.69, 9.17) is 75.3 Å². The van der Waals surface area contributed by atoms with Crippen molar-refractivity contribution in [3.63, 3.8) is 0 Å². The van der Waals surface area contributed by atoms with Crippen molar-refractivity contribution in [3.05, 3.63) is 128 Å². The maximum Gasteiger partial charge on any atom is 0.303 e. The summed E-state index contributed by atoms with van der Waals surface area (Å²) in [5.41, 5.74) is 6.09. The lowest BCUT2D eigenvalue weighted by Gasteiger charge is -2.52. The van der Waals surface area contributed by atoms with Gasteiger partial charge in [-0.2, -0.15) is 0 Å². The molecular formula is C65H84Cl2O15. The molecule has 15 nitrogen and oxygen atoms in total. The predicted octanol–water partition coefficient (Wildman–Crippen LogP) is 12.7. The van der Waals surface area contributed by atoms with E-state index in [2.05, 4.69) is 12.1 Å². The van der Waals surface area contributed by atoms with E-state index in [1.807, 2.05) is 88.4 Å². The monoisotopic (exact) mass is 1170 g/mol. The van der Waals surface area contributed by atoms with E-state index < -0.39 is 60.2 Å². The maximum atomic E-state index is 12.3. The second kappa shape index (κ2) is 27.2. The van der Waals surface area contributed by atoms with Crippen molar-refractivity contribution in [2.45, 2.75) is 182 Å². The van der Waals surface area contributed by atoms with Gasteiger partial charge in [-0.05, 0) is 122 Å². The summed E-state index contributed by atoms with van der Waals surface area (Å²) in [6.45, 7) is 16.7. The Kier molecular flexibility index (Phi) is 21.3. The first-order chi connectivity index (χ1) is 38.2. The molecule has 4 saturated heterocycles. The van der Waals surface area contributed by atoms with E-state index in [9.17, 15) is 19.2 Å². The van der Waals surface area contributed by atoms with Gasteiger partial charge < -0.3 is 52.1 Å². The third kappa shape index (κ3) is 14.3. The molecule has 0 amide bonds. The van der Waals surface area contributed by atoms with Crippen LogP contribution in [0.4, 0.5) is 0 Å². The molecule has 4 heterocycles. The molecule has 17 heteroatoms. The number of rotatable bonds is 17. The lowest BCUT2D eigenvalue weighted by atomic mass is 9.65. The number of esters is 4. The van der Waals surface area contributed by atoms with Gasteiger partial charge in [0.1, 0.15) is 42.0 Å². The number of ether oxygens (including phenoxy) is 11. The van der Waals surface area contributed by atoms with Crippen molar-refractivity contribution < 1.29 is 71.3 Å². The van der Waals surface area contributed by atoms with Crippen molar-refractivity contribution in [3.8, 4) is 11.5 Å². The minimum absolute atomic E-state index is 0. The normalized spacial score (nSPS) is 28.3. The molecule has 0 bridgehead atoms. The number of hydrogen-bond acceptors (Lipinski definition) is 15. The second-order valence-corrected chi connectivity index (χ2v) is 23.8. The number of methoxy groups -OCH3 is 1. The standard InChI is InChI=1S/C32H39ClO8.C31H37ClO7.2CH4/c1-6-28-19(2)29(38-20(3)34)30(39-21(4)35)32(36-5,41-28)24-9-12-27(33)23(14-24)13-22-7-10-25(11-8-22)40-26-15-31(16-26)17-37-18-31;1-5-27-18(2)28(36-19(3)33)30(37-20(4)34)29(39-27)22-8-11-26(32)23(13-22)12-21-6-9-24(10-7-21)38-25-14-31(15-25)16-35-17-31;;/h7-12,14,19,26,28-30H,6,13,15-18H2,1-5H3;6-11,13,18,25,27-30H,5,12,14-17H2,1-4H3;2*1H4/t19-,28-,29+,30-,32?;18-,27-,28+,29?,30-;;/m11../s1. The number of halogens is 2. The Bertz CT molecular complexity index is 2820. The van der Waals surface area contributed by atoms with Crippen LogP contribution in [-0.2, 0) is 80.4 Å². The molecule has 6 fully saturated rings. The van der Waals surface area contributed by atoms with E-state index in [0.29, 0.717) is 45.7 Å². The zero-order chi connectivity index (χ0) is 57.1. The highest BCUT2D eigenvalue weighted by Crippen LogP contribution is 2.50. The Balaban J connectivity index is 0.000000231. The van der Waals surface area contributed by atoms with E-state index in [1.54, 1.807) is 12.1 Å². The van der Waals surface area contributed by atoms with Crippen LogP contribution in [0.15, 0.2) is 84.9 Å². The molecule has 0 aromatic heterocycles. The van der Waals surface area contributed by atoms with E-state index in [-0.39, 0.29) is 51.1 Å². The number of benzene rings is 4. The molecule has 2 spiro atoms. The van der Waals surface area contributed by atoms with Crippen molar-refractivity contribution in [2.75, 3.05) is 33.5 Å². The summed E-state index contributed by atoms with van der Waals surface area (Å²) >= 11 is 13.3. The maximum absolute atomic E-state index is 12.3. The molecule has 0 radical (unpaired) electrons. The second-order valence-electron chi connectivity index (χ2n) is 23.0. The van der Waals surface area contributed by atoms with Crippen LogP contribution >= 0.6 is 23.2 Å². The summed E-state index contributed by atoms with van der Waals surface area (Å²) in [5, 5.41) is 1.22. The number of carbonyl (C=O) groups excluding carboxylic acids is 4. The van der Waals surface area contributed by atoms with Crippen molar-refractivity contribution in [1.29, 1.82) is 0 Å². The first-order valence-corrected chi connectivity index (χ1v) is 28.8. The van der Waals surface area contributed by atoms with Crippen molar-refractivity contribution >= 4 is 47.1 Å². The smallest absolute Gasteiger partial charge is 0.303 e. The lowest BCUT2D eigenvalue weighted by molar-refractivity contribution is -0.356. The van der Waals surface area contributed by atoms with Gasteiger partial charge in [0.15, 0.2) is 12.2 Å². The summed E-state index contributed by atoms with van der Waals surface area (Å²) in [5.74, 6) is -2.05. The van der Waals surface area contributed by atoms with Crippen molar-refractivity contribution in [1.82, 2.24) is 0 Å². The first-order valence-electron chi connectivity index (χ1n) is 28.1. The third-order valence-corrected chi connectivity index (χ3v) is 17.6. The van der Waals surface area contributed by atoms with Gasteiger partial charge in [0.25, 0.3) is 0 Å². The fraction of sp³-hybridized carbons (Fsp3) is 0.569. The van der Waals surface area contributed by atoms with Crippen LogP contribution in [0, 0.1) is 22.7 Å². The molecule has 2 saturated carbocycles. The Morgan fingerprint density at radius 1 is 0.561 bits per heavy atom. The average molecular weight is 1180 g/mol. The van der Waals surface area contributed by atoms with Gasteiger partial charge in [-0.15, -0.1) is 0 Å². The molecule has 10 rings (SSSR count). The van der Waals surface area contributed by atoms with Gasteiger partial charge in [0.2, 0.25) is 5.79 Å². The first kappa shape index (κ1) is 64.3. The summed E-state index contributed by atoms with van der Waals surface area (Å²) < 4.78 is 65.0. The summed E-state index contributed by atoms with van der Waals surface area (Å²) in [6.07, 6.45) is 2.97.